The third-order valence-electron chi connectivity index (χ3n) is 2.73. The zero-order valence-corrected chi connectivity index (χ0v) is 12.2. The SMILES string of the molecule is CCCCCCCCC#Cc1ccc(Br)cc1. The molecule has 0 saturated heterocycles. The molecule has 0 fully saturated rings. The standard InChI is InChI=1S/C16H21Br/c1-2-3-4-5-6-7-8-9-10-15-11-13-16(17)14-12-15/h11-14H,2-8H2,1H3. The maximum Gasteiger partial charge on any atom is 0.0246 e. The van der Waals surface area contributed by atoms with Crippen LogP contribution in [0.1, 0.15) is 57.4 Å². The molecule has 0 aliphatic carbocycles. The van der Waals surface area contributed by atoms with Gasteiger partial charge in [-0.25, -0.2) is 0 Å². The first kappa shape index (κ1) is 14.3. The number of unbranched alkanes of at least 4 members (excludes halogenated alkanes) is 6. The molecule has 0 atom stereocenters. The van der Waals surface area contributed by atoms with Crippen LogP contribution in [-0.4, -0.2) is 0 Å². The third-order valence-corrected chi connectivity index (χ3v) is 3.26. The fourth-order valence-corrected chi connectivity index (χ4v) is 1.96. The van der Waals surface area contributed by atoms with E-state index in [2.05, 4.69) is 46.8 Å². The molecule has 1 aromatic carbocycles. The van der Waals surface area contributed by atoms with Crippen molar-refractivity contribution >= 4 is 15.9 Å². The van der Waals surface area contributed by atoms with Crippen LogP contribution in [0, 0.1) is 11.8 Å². The van der Waals surface area contributed by atoms with Crippen LogP contribution in [0.25, 0.3) is 0 Å². The van der Waals surface area contributed by atoms with E-state index < -0.39 is 0 Å². The largest absolute Gasteiger partial charge is 0.0979 e. The second kappa shape index (κ2) is 9.31. The van der Waals surface area contributed by atoms with Crippen LogP contribution in [0.2, 0.25) is 0 Å². The van der Waals surface area contributed by atoms with Crippen molar-refractivity contribution in [3.05, 3.63) is 34.3 Å². The van der Waals surface area contributed by atoms with Gasteiger partial charge in [-0.05, 0) is 30.7 Å². The minimum atomic E-state index is 1.03. The van der Waals surface area contributed by atoms with E-state index in [-0.39, 0.29) is 0 Å². The zero-order valence-electron chi connectivity index (χ0n) is 10.6. The van der Waals surface area contributed by atoms with Gasteiger partial charge in [0, 0.05) is 16.5 Å². The highest BCUT2D eigenvalue weighted by atomic mass is 79.9. The Labute approximate surface area is 114 Å². The van der Waals surface area contributed by atoms with Crippen molar-refractivity contribution in [3.8, 4) is 11.8 Å². The molecule has 0 aliphatic heterocycles. The minimum absolute atomic E-state index is 1.03. The fourth-order valence-electron chi connectivity index (χ4n) is 1.69. The lowest BCUT2D eigenvalue weighted by molar-refractivity contribution is 0.614. The number of hydrogen-bond acceptors (Lipinski definition) is 0. The van der Waals surface area contributed by atoms with Gasteiger partial charge in [-0.3, -0.25) is 0 Å². The quantitative estimate of drug-likeness (QED) is 0.476. The summed E-state index contributed by atoms with van der Waals surface area (Å²) in [6, 6.07) is 8.18. The van der Waals surface area contributed by atoms with Gasteiger partial charge in [-0.15, -0.1) is 0 Å². The molecular formula is C16H21Br. The molecule has 0 bridgehead atoms. The predicted octanol–water partition coefficient (Wildman–Crippen LogP) is 5.55. The van der Waals surface area contributed by atoms with Gasteiger partial charge in [-0.2, -0.15) is 0 Å². The van der Waals surface area contributed by atoms with Crippen molar-refractivity contribution in [3.63, 3.8) is 0 Å². The van der Waals surface area contributed by atoms with Crippen molar-refractivity contribution in [2.24, 2.45) is 0 Å². The van der Waals surface area contributed by atoms with E-state index in [1.54, 1.807) is 0 Å². The number of hydrogen-bond donors (Lipinski definition) is 0. The molecule has 0 heterocycles. The Hall–Kier alpha value is -0.740. The van der Waals surface area contributed by atoms with E-state index in [9.17, 15) is 0 Å². The van der Waals surface area contributed by atoms with Crippen molar-refractivity contribution in [1.82, 2.24) is 0 Å². The molecule has 92 valence electrons. The third kappa shape index (κ3) is 7.23. The smallest absolute Gasteiger partial charge is 0.0246 e. The summed E-state index contributed by atoms with van der Waals surface area (Å²) >= 11 is 3.42. The van der Waals surface area contributed by atoms with Crippen LogP contribution in [0.5, 0.6) is 0 Å². The first-order valence-corrected chi connectivity index (χ1v) is 7.36. The second-order valence-corrected chi connectivity index (χ2v) is 5.24. The van der Waals surface area contributed by atoms with Crippen LogP contribution in [0.4, 0.5) is 0 Å². The summed E-state index contributed by atoms with van der Waals surface area (Å²) in [7, 11) is 0. The first-order valence-electron chi connectivity index (χ1n) is 6.57. The van der Waals surface area contributed by atoms with Crippen LogP contribution in [0.15, 0.2) is 28.7 Å². The minimum Gasteiger partial charge on any atom is -0.0979 e. The van der Waals surface area contributed by atoms with Gasteiger partial charge in [0.15, 0.2) is 0 Å². The van der Waals surface area contributed by atoms with Crippen LogP contribution in [0.3, 0.4) is 0 Å². The van der Waals surface area contributed by atoms with Crippen molar-refractivity contribution < 1.29 is 0 Å². The number of benzene rings is 1. The van der Waals surface area contributed by atoms with Gasteiger partial charge >= 0.3 is 0 Å². The Morgan fingerprint density at radius 2 is 1.59 bits per heavy atom. The average Bonchev–Trinajstić information content (AvgIpc) is 2.35. The van der Waals surface area contributed by atoms with Gasteiger partial charge in [0.1, 0.15) is 0 Å². The van der Waals surface area contributed by atoms with E-state index in [1.807, 2.05) is 12.1 Å². The molecule has 1 aromatic rings. The Morgan fingerprint density at radius 3 is 2.29 bits per heavy atom. The normalized spacial score (nSPS) is 9.76. The fraction of sp³-hybridized carbons (Fsp3) is 0.500. The average molecular weight is 293 g/mol. The summed E-state index contributed by atoms with van der Waals surface area (Å²) in [6.07, 6.45) is 9.06. The summed E-state index contributed by atoms with van der Waals surface area (Å²) in [4.78, 5) is 0. The summed E-state index contributed by atoms with van der Waals surface area (Å²) in [6.45, 7) is 2.25. The lowest BCUT2D eigenvalue weighted by Gasteiger charge is -1.96. The van der Waals surface area contributed by atoms with Crippen LogP contribution >= 0.6 is 15.9 Å². The van der Waals surface area contributed by atoms with Crippen molar-refractivity contribution in [2.75, 3.05) is 0 Å². The lowest BCUT2D eigenvalue weighted by atomic mass is 10.1. The highest BCUT2D eigenvalue weighted by molar-refractivity contribution is 9.10. The predicted molar refractivity (Wildman–Crippen MR) is 79.0 cm³/mol. The molecule has 17 heavy (non-hydrogen) atoms. The van der Waals surface area contributed by atoms with Gasteiger partial charge in [0.05, 0.1) is 0 Å². The molecule has 0 radical (unpaired) electrons. The molecule has 0 N–H and O–H groups in total. The number of rotatable bonds is 6. The molecule has 1 rings (SSSR count). The van der Waals surface area contributed by atoms with Crippen LogP contribution in [-0.2, 0) is 0 Å². The molecule has 0 aliphatic rings. The highest BCUT2D eigenvalue weighted by Gasteiger charge is 1.89. The highest BCUT2D eigenvalue weighted by Crippen LogP contribution is 2.10. The topological polar surface area (TPSA) is 0 Å². The Balaban J connectivity index is 2.12. The van der Waals surface area contributed by atoms with E-state index >= 15 is 0 Å². The molecule has 0 aromatic heterocycles. The Kier molecular flexibility index (Phi) is 7.84. The molecule has 0 saturated carbocycles. The monoisotopic (exact) mass is 292 g/mol. The van der Waals surface area contributed by atoms with E-state index in [0.717, 1.165) is 16.5 Å². The second-order valence-electron chi connectivity index (χ2n) is 4.33. The molecular weight excluding hydrogens is 272 g/mol. The molecule has 0 spiro atoms. The molecule has 0 amide bonds. The van der Waals surface area contributed by atoms with Gasteiger partial charge in [0.2, 0.25) is 0 Å². The van der Waals surface area contributed by atoms with Gasteiger partial charge in [0.25, 0.3) is 0 Å². The van der Waals surface area contributed by atoms with E-state index in [4.69, 9.17) is 0 Å². The molecule has 1 heteroatoms. The Bertz CT molecular complexity index is 353. The number of halogens is 1. The maximum atomic E-state index is 3.42. The molecule has 0 nitrogen and oxygen atoms in total. The summed E-state index contributed by atoms with van der Waals surface area (Å²) in [5, 5.41) is 0. The van der Waals surface area contributed by atoms with Crippen molar-refractivity contribution in [2.45, 2.75) is 51.9 Å². The van der Waals surface area contributed by atoms with Crippen LogP contribution < -0.4 is 0 Å². The van der Waals surface area contributed by atoms with E-state index in [0.29, 0.717) is 0 Å². The molecule has 0 unspecified atom stereocenters. The summed E-state index contributed by atoms with van der Waals surface area (Å²) in [5.41, 5.74) is 1.11. The van der Waals surface area contributed by atoms with E-state index in [1.165, 1.54) is 38.5 Å². The van der Waals surface area contributed by atoms with Crippen molar-refractivity contribution in [1.29, 1.82) is 0 Å². The van der Waals surface area contributed by atoms with Gasteiger partial charge < -0.3 is 0 Å². The van der Waals surface area contributed by atoms with Gasteiger partial charge in [-0.1, -0.05) is 66.8 Å². The summed E-state index contributed by atoms with van der Waals surface area (Å²) in [5.74, 6) is 6.45. The first-order chi connectivity index (χ1) is 8.33. The Morgan fingerprint density at radius 1 is 0.941 bits per heavy atom. The maximum absolute atomic E-state index is 3.42. The zero-order chi connectivity index (χ0) is 12.3. The lowest BCUT2D eigenvalue weighted by Crippen LogP contribution is -1.78. The summed E-state index contributed by atoms with van der Waals surface area (Å²) < 4.78 is 1.11.